The molecule has 1 heterocycles. The highest BCUT2D eigenvalue weighted by Gasteiger charge is 2.09. The van der Waals surface area contributed by atoms with E-state index >= 15 is 0 Å². The van der Waals surface area contributed by atoms with E-state index in [2.05, 4.69) is 10.3 Å². The average Bonchev–Trinajstić information content (AvgIpc) is 2.41. The zero-order chi connectivity index (χ0) is 13.0. The summed E-state index contributed by atoms with van der Waals surface area (Å²) in [5, 5.41) is 11.1. The topological polar surface area (TPSA) is 65.8 Å². The van der Waals surface area contributed by atoms with Gasteiger partial charge >= 0.3 is 0 Å². The number of amides is 1. The first-order chi connectivity index (χ1) is 8.70. The fraction of sp³-hybridized carbons (Fsp3) is 0. The summed E-state index contributed by atoms with van der Waals surface area (Å²) < 4.78 is 13.3. The van der Waals surface area contributed by atoms with Crippen molar-refractivity contribution >= 4 is 11.6 Å². The van der Waals surface area contributed by atoms with Crippen LogP contribution in [0.15, 0.2) is 42.7 Å². The molecule has 2 aromatic rings. The smallest absolute Gasteiger partial charge is 0.255 e. The molecule has 0 unspecified atom stereocenters. The summed E-state index contributed by atoms with van der Waals surface area (Å²) in [7, 11) is 0. The highest BCUT2D eigenvalue weighted by Crippen LogP contribution is 2.13. The highest BCUT2D eigenvalue weighted by atomic mass is 19.1. The van der Waals surface area contributed by atoms with Gasteiger partial charge in [-0.15, -0.1) is 0 Å². The maximum Gasteiger partial charge on any atom is 0.255 e. The standard InChI is InChI=1S/C13H8FN3O/c14-11-8-16-5-4-12(11)17-13(18)10-3-1-2-9(6-10)7-15/h1-6,8H,(H,16,17,18). The molecule has 0 saturated carbocycles. The van der Waals surface area contributed by atoms with Gasteiger partial charge in [0.1, 0.15) is 0 Å². The van der Waals surface area contributed by atoms with Gasteiger partial charge in [0.05, 0.1) is 23.5 Å². The Morgan fingerprint density at radius 2 is 2.22 bits per heavy atom. The van der Waals surface area contributed by atoms with Crippen LogP contribution >= 0.6 is 0 Å². The lowest BCUT2D eigenvalue weighted by Crippen LogP contribution is -2.13. The monoisotopic (exact) mass is 241 g/mol. The molecule has 0 aliphatic heterocycles. The molecule has 88 valence electrons. The summed E-state index contributed by atoms with van der Waals surface area (Å²) in [6.07, 6.45) is 2.39. The van der Waals surface area contributed by atoms with Gasteiger partial charge in [-0.3, -0.25) is 9.78 Å². The van der Waals surface area contributed by atoms with Crippen LogP contribution in [-0.2, 0) is 0 Å². The van der Waals surface area contributed by atoms with Crippen LogP contribution in [-0.4, -0.2) is 10.9 Å². The van der Waals surface area contributed by atoms with Gasteiger partial charge in [0.2, 0.25) is 0 Å². The number of pyridine rings is 1. The van der Waals surface area contributed by atoms with Crippen molar-refractivity contribution in [3.8, 4) is 6.07 Å². The zero-order valence-electron chi connectivity index (χ0n) is 9.22. The van der Waals surface area contributed by atoms with Crippen LogP contribution in [0.3, 0.4) is 0 Å². The number of nitrogens with zero attached hydrogens (tertiary/aromatic N) is 2. The first-order valence-electron chi connectivity index (χ1n) is 5.12. The van der Waals surface area contributed by atoms with Crippen LogP contribution < -0.4 is 5.32 Å². The average molecular weight is 241 g/mol. The Morgan fingerprint density at radius 3 is 2.94 bits per heavy atom. The van der Waals surface area contributed by atoms with Gasteiger partial charge in [-0.05, 0) is 24.3 Å². The molecule has 1 aromatic heterocycles. The van der Waals surface area contributed by atoms with E-state index < -0.39 is 11.7 Å². The number of halogens is 1. The number of nitriles is 1. The lowest BCUT2D eigenvalue weighted by molar-refractivity contribution is 0.102. The second-order valence-electron chi connectivity index (χ2n) is 3.50. The number of aromatic nitrogens is 1. The summed E-state index contributed by atoms with van der Waals surface area (Å²) in [6.45, 7) is 0. The molecule has 0 radical (unpaired) electrons. The van der Waals surface area contributed by atoms with E-state index in [1.165, 1.54) is 18.3 Å². The van der Waals surface area contributed by atoms with Crippen LogP contribution in [0.2, 0.25) is 0 Å². The summed E-state index contributed by atoms with van der Waals surface area (Å²) in [6, 6.07) is 9.47. The number of anilines is 1. The zero-order valence-corrected chi connectivity index (χ0v) is 9.22. The van der Waals surface area contributed by atoms with Gasteiger partial charge < -0.3 is 5.32 Å². The first-order valence-corrected chi connectivity index (χ1v) is 5.12. The molecule has 1 aromatic carbocycles. The first kappa shape index (κ1) is 11.7. The van der Waals surface area contributed by atoms with Crippen LogP contribution in [0.25, 0.3) is 0 Å². The van der Waals surface area contributed by atoms with Crippen molar-refractivity contribution in [1.29, 1.82) is 5.26 Å². The van der Waals surface area contributed by atoms with Gasteiger partial charge in [-0.25, -0.2) is 4.39 Å². The SMILES string of the molecule is N#Cc1cccc(C(=O)Nc2ccncc2F)c1. The second-order valence-corrected chi connectivity index (χ2v) is 3.50. The molecule has 0 saturated heterocycles. The largest absolute Gasteiger partial charge is 0.319 e. The Balaban J connectivity index is 2.23. The third kappa shape index (κ3) is 2.50. The summed E-state index contributed by atoms with van der Waals surface area (Å²) in [5.74, 6) is -1.08. The molecule has 2 rings (SSSR count). The number of rotatable bonds is 2. The van der Waals surface area contributed by atoms with Gasteiger partial charge in [0, 0.05) is 11.8 Å². The maximum absolute atomic E-state index is 13.3. The van der Waals surface area contributed by atoms with E-state index in [1.807, 2.05) is 6.07 Å². The van der Waals surface area contributed by atoms with Crippen LogP contribution in [0.1, 0.15) is 15.9 Å². The highest BCUT2D eigenvalue weighted by molar-refractivity contribution is 6.04. The Labute approximate surface area is 103 Å². The summed E-state index contributed by atoms with van der Waals surface area (Å²) in [5.41, 5.74) is 0.723. The Kier molecular flexibility index (Phi) is 3.30. The Morgan fingerprint density at radius 1 is 1.39 bits per heavy atom. The van der Waals surface area contributed by atoms with Crippen molar-refractivity contribution in [2.75, 3.05) is 5.32 Å². The molecule has 0 aliphatic rings. The van der Waals surface area contributed by atoms with Crippen molar-refractivity contribution in [2.24, 2.45) is 0 Å². The minimum Gasteiger partial charge on any atom is -0.319 e. The maximum atomic E-state index is 13.3. The van der Waals surface area contributed by atoms with Crippen molar-refractivity contribution < 1.29 is 9.18 Å². The summed E-state index contributed by atoms with van der Waals surface area (Å²) in [4.78, 5) is 15.4. The molecule has 4 nitrogen and oxygen atoms in total. The predicted octanol–water partition coefficient (Wildman–Crippen LogP) is 2.34. The lowest BCUT2D eigenvalue weighted by atomic mass is 10.1. The van der Waals surface area contributed by atoms with Crippen molar-refractivity contribution in [1.82, 2.24) is 4.98 Å². The number of hydrogen-bond acceptors (Lipinski definition) is 3. The number of carbonyl (C=O) groups excluding carboxylic acids is 1. The minimum absolute atomic E-state index is 0.0531. The molecule has 1 amide bonds. The van der Waals surface area contributed by atoms with Gasteiger partial charge in [0.25, 0.3) is 5.91 Å². The van der Waals surface area contributed by atoms with E-state index in [9.17, 15) is 9.18 Å². The third-order valence-corrected chi connectivity index (χ3v) is 2.27. The Bertz CT molecular complexity index is 634. The number of hydrogen-bond donors (Lipinski definition) is 1. The molecule has 0 bridgehead atoms. The lowest BCUT2D eigenvalue weighted by Gasteiger charge is -2.05. The fourth-order valence-electron chi connectivity index (χ4n) is 1.40. The van der Waals surface area contributed by atoms with E-state index in [-0.39, 0.29) is 5.69 Å². The predicted molar refractivity (Wildman–Crippen MR) is 63.3 cm³/mol. The van der Waals surface area contributed by atoms with E-state index in [4.69, 9.17) is 5.26 Å². The van der Waals surface area contributed by atoms with Crippen molar-refractivity contribution in [2.45, 2.75) is 0 Å². The van der Waals surface area contributed by atoms with Gasteiger partial charge in [0.15, 0.2) is 5.82 Å². The van der Waals surface area contributed by atoms with E-state index in [0.717, 1.165) is 6.20 Å². The minimum atomic E-state index is -0.609. The molecule has 0 aliphatic carbocycles. The van der Waals surface area contributed by atoms with Crippen LogP contribution in [0, 0.1) is 17.1 Å². The quantitative estimate of drug-likeness (QED) is 0.877. The number of benzene rings is 1. The molecular formula is C13H8FN3O. The fourth-order valence-corrected chi connectivity index (χ4v) is 1.40. The van der Waals surface area contributed by atoms with Crippen molar-refractivity contribution in [3.63, 3.8) is 0 Å². The molecule has 0 spiro atoms. The molecule has 1 N–H and O–H groups in total. The second kappa shape index (κ2) is 5.06. The number of nitrogens with one attached hydrogen (secondary N) is 1. The molecular weight excluding hydrogens is 233 g/mol. The molecule has 0 fully saturated rings. The van der Waals surface area contributed by atoms with Crippen LogP contribution in [0.5, 0.6) is 0 Å². The van der Waals surface area contributed by atoms with E-state index in [0.29, 0.717) is 11.1 Å². The summed E-state index contributed by atoms with van der Waals surface area (Å²) >= 11 is 0. The van der Waals surface area contributed by atoms with Gasteiger partial charge in [-0.1, -0.05) is 6.07 Å². The molecule has 18 heavy (non-hydrogen) atoms. The molecule has 0 atom stereocenters. The normalized spacial score (nSPS) is 9.56. The van der Waals surface area contributed by atoms with Gasteiger partial charge in [-0.2, -0.15) is 5.26 Å². The van der Waals surface area contributed by atoms with Crippen molar-refractivity contribution in [3.05, 3.63) is 59.7 Å². The third-order valence-electron chi connectivity index (χ3n) is 2.27. The Hall–Kier alpha value is -2.74. The van der Waals surface area contributed by atoms with E-state index in [1.54, 1.807) is 18.2 Å². The van der Waals surface area contributed by atoms with Crippen LogP contribution in [0.4, 0.5) is 10.1 Å². The number of carbonyl (C=O) groups is 1. The molecule has 5 heteroatoms.